The van der Waals surface area contributed by atoms with Crippen LogP contribution >= 0.6 is 0 Å². The Hall–Kier alpha value is -3.70. The molecule has 1 aromatic carbocycles. The van der Waals surface area contributed by atoms with Gasteiger partial charge in [0, 0.05) is 27.5 Å². The highest BCUT2D eigenvalue weighted by molar-refractivity contribution is 6.21. The number of phenols is 1. The third kappa shape index (κ3) is 4.39. The van der Waals surface area contributed by atoms with Gasteiger partial charge in [-0.05, 0) is 56.5 Å². The summed E-state index contributed by atoms with van der Waals surface area (Å²) >= 11 is 0. The van der Waals surface area contributed by atoms with Gasteiger partial charge in [-0.15, -0.1) is 0 Å². The largest absolute Gasteiger partial charge is 0.511 e. The highest BCUT2D eigenvalue weighted by atomic mass is 16.3. The number of aliphatic hydroxyl groups is 2. The lowest BCUT2D eigenvalue weighted by Crippen LogP contribution is -2.44. The van der Waals surface area contributed by atoms with E-state index in [1.165, 1.54) is 19.1 Å². The second kappa shape index (κ2) is 10.1. The van der Waals surface area contributed by atoms with E-state index in [0.717, 1.165) is 0 Å². The zero-order chi connectivity index (χ0) is 24.6. The molecule has 0 saturated heterocycles. The van der Waals surface area contributed by atoms with Crippen LogP contribution in [0.1, 0.15) is 33.7 Å². The number of carbonyl (C=O) groups is 4. The summed E-state index contributed by atoms with van der Waals surface area (Å²) in [5, 5.41) is 37.1. The highest BCUT2D eigenvalue weighted by Gasteiger charge is 2.50. The van der Waals surface area contributed by atoms with Crippen molar-refractivity contribution in [3.8, 4) is 5.75 Å². The molecule has 188 valence electrons. The number of rotatable bonds is 2. The summed E-state index contributed by atoms with van der Waals surface area (Å²) in [5.74, 6) is -6.16. The van der Waals surface area contributed by atoms with Crippen LogP contribution in [0, 0.1) is 17.8 Å². The molecule has 1 aromatic rings. The molecule has 3 aliphatic rings. The van der Waals surface area contributed by atoms with Crippen LogP contribution in [0.4, 0.5) is 5.69 Å². The number of ketones is 2. The zero-order valence-electron chi connectivity index (χ0n) is 19.1. The number of amides is 2. The molecule has 0 heterocycles. The molecule has 4 rings (SSSR count). The number of Topliss-reactive ketones (excluding diaryl/α,β-unsaturated/α-hetero) is 2. The van der Waals surface area contributed by atoms with Crippen molar-refractivity contribution >= 4 is 34.8 Å². The van der Waals surface area contributed by atoms with Crippen LogP contribution in [0.15, 0.2) is 29.0 Å². The third-order valence-electron chi connectivity index (χ3n) is 6.08. The van der Waals surface area contributed by atoms with E-state index in [4.69, 9.17) is 5.73 Å². The van der Waals surface area contributed by atoms with Crippen molar-refractivity contribution in [1.82, 2.24) is 5.32 Å². The van der Waals surface area contributed by atoms with Gasteiger partial charge in [0.05, 0.1) is 11.5 Å². The van der Waals surface area contributed by atoms with Crippen molar-refractivity contribution in [2.24, 2.45) is 23.5 Å². The molecular weight excluding hydrogens is 446 g/mol. The maximum atomic E-state index is 13.2. The number of benzene rings is 1. The van der Waals surface area contributed by atoms with Crippen LogP contribution < -0.4 is 16.4 Å². The van der Waals surface area contributed by atoms with Gasteiger partial charge in [-0.1, -0.05) is 0 Å². The number of carbonyl (C=O) groups excluding carboxylic acids is 4. The fraction of sp³-hybridized carbons (Fsp3) is 0.391. The second-order valence-corrected chi connectivity index (χ2v) is 8.42. The number of phenolic OH excluding ortho intramolecular Hbond substituents is 1. The van der Waals surface area contributed by atoms with Crippen LogP contribution in [-0.2, 0) is 25.6 Å². The van der Waals surface area contributed by atoms with Gasteiger partial charge < -0.3 is 37.2 Å². The Labute approximate surface area is 198 Å². The summed E-state index contributed by atoms with van der Waals surface area (Å²) in [6, 6.07) is 2.82. The molecule has 11 heteroatoms. The van der Waals surface area contributed by atoms with Crippen molar-refractivity contribution in [2.75, 3.05) is 19.4 Å². The van der Waals surface area contributed by atoms with Gasteiger partial charge in [0.15, 0.2) is 11.6 Å². The molecule has 0 spiro atoms. The van der Waals surface area contributed by atoms with Gasteiger partial charge in [-0.2, -0.15) is 0 Å². The molecule has 0 bridgehead atoms. The average molecular weight is 480 g/mol. The number of primary amides is 1. The van der Waals surface area contributed by atoms with E-state index < -0.39 is 52.3 Å². The van der Waals surface area contributed by atoms with Gasteiger partial charge >= 0.3 is 0 Å². The third-order valence-corrected chi connectivity index (χ3v) is 6.08. The first-order valence-corrected chi connectivity index (χ1v) is 10.5. The summed E-state index contributed by atoms with van der Waals surface area (Å²) in [6.45, 7) is 1.33. The van der Waals surface area contributed by atoms with Crippen molar-refractivity contribution in [2.45, 2.75) is 26.2 Å². The summed E-state index contributed by atoms with van der Waals surface area (Å²) in [4.78, 5) is 48.6. The Morgan fingerprint density at radius 3 is 2.29 bits per heavy atom. The van der Waals surface area contributed by atoms with Crippen LogP contribution in [0.25, 0.3) is 5.76 Å². The van der Waals surface area contributed by atoms with E-state index in [9.17, 15) is 34.5 Å². The van der Waals surface area contributed by atoms with Gasteiger partial charge in [-0.25, -0.2) is 0 Å². The predicted molar refractivity (Wildman–Crippen MR) is 127 cm³/mol. The number of aliphatic hydroxyl groups excluding tert-OH is 2. The summed E-state index contributed by atoms with van der Waals surface area (Å²) in [7, 11) is 3.75. The van der Waals surface area contributed by atoms with Crippen LogP contribution in [0.3, 0.4) is 0 Å². The minimum Gasteiger partial charge on any atom is -0.511 e. The first-order chi connectivity index (χ1) is 15.5. The smallest absolute Gasteiger partial charge is 0.255 e. The zero-order valence-corrected chi connectivity index (χ0v) is 19.1. The number of nitrogens with one attached hydrogen (secondary N) is 2. The lowest BCUT2D eigenvalue weighted by Gasteiger charge is -2.41. The summed E-state index contributed by atoms with van der Waals surface area (Å²) in [5.41, 5.74) is 5.60. The van der Waals surface area contributed by atoms with E-state index in [1.807, 2.05) is 14.1 Å². The quantitative estimate of drug-likeness (QED) is 0.263. The Bertz CT molecular complexity index is 1130. The highest BCUT2D eigenvalue weighted by Crippen LogP contribution is 2.51. The number of anilines is 1. The second-order valence-electron chi connectivity index (χ2n) is 8.42. The lowest BCUT2D eigenvalue weighted by atomic mass is 9.61. The van der Waals surface area contributed by atoms with Crippen LogP contribution in [0.2, 0.25) is 0 Å². The summed E-state index contributed by atoms with van der Waals surface area (Å²) in [6.07, 6.45) is 0.427. The first-order valence-electron chi connectivity index (χ1n) is 10.5. The Morgan fingerprint density at radius 1 is 1.12 bits per heavy atom. The number of nitrogens with two attached hydrogens (primary N) is 1. The fourth-order valence-electron chi connectivity index (χ4n) is 4.95. The topological polar surface area (TPSA) is 211 Å². The van der Waals surface area contributed by atoms with Crippen molar-refractivity contribution < 1.29 is 42.8 Å². The van der Waals surface area contributed by atoms with Gasteiger partial charge in [-0.3, -0.25) is 19.2 Å². The molecule has 3 atom stereocenters. The maximum absolute atomic E-state index is 13.2. The average Bonchev–Trinajstić information content (AvgIpc) is 2.69. The first kappa shape index (κ1) is 26.6. The molecular formula is C23H33N3O8. The normalized spacial score (nSPS) is 23.0. The van der Waals surface area contributed by atoms with E-state index in [2.05, 4.69) is 10.6 Å². The molecule has 3 unspecified atom stereocenters. The molecule has 9 N–H and O–H groups in total. The molecule has 0 aromatic heterocycles. The molecule has 0 radical (unpaired) electrons. The standard InChI is InChI=1S/C21H20N2O7.C2H7N.H2O.2H2/c1-7(24)23-11-2-3-12(25)16-10(11)5-8-4-9-6-13(26)17(21(22)30)20(29)15(9)18(27)14(8)19(16)28;1-3-2;;;/h2-3,8-9,15,25,28-29H,4-6H2,1H3,(H2,22,30)(H,23,24);3H,1-2H3;1H2;2*1H. The van der Waals surface area contributed by atoms with Gasteiger partial charge in [0.25, 0.3) is 5.91 Å². The Kier molecular flexibility index (Phi) is 7.86. The maximum Gasteiger partial charge on any atom is 0.255 e. The molecule has 2 amide bonds. The molecule has 34 heavy (non-hydrogen) atoms. The van der Waals surface area contributed by atoms with E-state index in [1.54, 1.807) is 0 Å². The van der Waals surface area contributed by atoms with Crippen LogP contribution in [-0.4, -0.2) is 58.3 Å². The minimum atomic E-state index is -1.15. The van der Waals surface area contributed by atoms with Crippen molar-refractivity contribution in [3.63, 3.8) is 0 Å². The predicted octanol–water partition coefficient (Wildman–Crippen LogP) is 0.770. The Morgan fingerprint density at radius 2 is 1.74 bits per heavy atom. The minimum absolute atomic E-state index is 0. The molecule has 11 nitrogen and oxygen atoms in total. The van der Waals surface area contributed by atoms with Crippen molar-refractivity contribution in [1.29, 1.82) is 0 Å². The number of hydrogen-bond donors (Lipinski definition) is 6. The molecule has 1 fully saturated rings. The summed E-state index contributed by atoms with van der Waals surface area (Å²) < 4.78 is 0. The van der Waals surface area contributed by atoms with E-state index in [-0.39, 0.29) is 44.0 Å². The Balaban J connectivity index is 0.00000195. The van der Waals surface area contributed by atoms with Gasteiger partial charge in [0.2, 0.25) is 5.91 Å². The lowest BCUT2D eigenvalue weighted by molar-refractivity contribution is -0.127. The number of allylic oxidation sites excluding steroid dienone is 2. The van der Waals surface area contributed by atoms with E-state index >= 15 is 0 Å². The number of fused-ring (bicyclic) bond motifs is 3. The number of aromatic hydroxyl groups is 1. The monoisotopic (exact) mass is 479 g/mol. The number of hydrogen-bond acceptors (Lipinski definition) is 8. The van der Waals surface area contributed by atoms with E-state index in [0.29, 0.717) is 17.7 Å². The van der Waals surface area contributed by atoms with Crippen molar-refractivity contribution in [3.05, 3.63) is 40.2 Å². The molecule has 3 aliphatic carbocycles. The fourth-order valence-corrected chi connectivity index (χ4v) is 4.95. The van der Waals surface area contributed by atoms with Gasteiger partial charge in [0.1, 0.15) is 22.8 Å². The van der Waals surface area contributed by atoms with Crippen LogP contribution in [0.5, 0.6) is 5.75 Å². The molecule has 0 aliphatic heterocycles. The SMILES string of the molecule is CC(=O)Nc1ccc(O)c2c1CC1CC3CC(=O)C(C(N)=O)=C(O)C3C(=O)C1=C2O.CNC.O.[HH].[HH]. The molecule has 1 saturated carbocycles.